The third-order valence-corrected chi connectivity index (χ3v) is 10.7. The number of aromatic nitrogens is 2. The van der Waals surface area contributed by atoms with E-state index in [1.165, 1.54) is 0 Å². The van der Waals surface area contributed by atoms with Crippen LogP contribution < -0.4 is 10.2 Å². The molecular formula is C27H29F5N4O2S2. The molecule has 0 radical (unpaired) electrons. The predicted molar refractivity (Wildman–Crippen MR) is 150 cm³/mol. The van der Waals surface area contributed by atoms with Gasteiger partial charge in [0.25, 0.3) is 0 Å². The second kappa shape index (κ2) is 9.10. The zero-order chi connectivity index (χ0) is 29.0. The molecule has 0 aliphatic heterocycles. The van der Waals surface area contributed by atoms with Gasteiger partial charge in [-0.2, -0.15) is 0 Å². The molecule has 2 heterocycles. The summed E-state index contributed by atoms with van der Waals surface area (Å²) in [5.41, 5.74) is 2.86. The summed E-state index contributed by atoms with van der Waals surface area (Å²) in [6.07, 6.45) is 5.43. The quantitative estimate of drug-likeness (QED) is 0.218. The summed E-state index contributed by atoms with van der Waals surface area (Å²) in [6, 6.07) is 13.1. The lowest BCUT2D eigenvalue weighted by molar-refractivity contribution is 0.364. The fourth-order valence-corrected chi connectivity index (χ4v) is 7.50. The Bertz CT molecular complexity index is 1650. The number of halogens is 5. The van der Waals surface area contributed by atoms with Crippen LogP contribution >= 0.6 is 10.2 Å². The first-order valence-electron chi connectivity index (χ1n) is 12.6. The van der Waals surface area contributed by atoms with Crippen molar-refractivity contribution >= 4 is 37.2 Å². The van der Waals surface area contributed by atoms with Crippen LogP contribution in [0.5, 0.6) is 0 Å². The Morgan fingerprint density at radius 1 is 0.850 bits per heavy atom. The van der Waals surface area contributed by atoms with Crippen LogP contribution in [0.4, 0.5) is 30.9 Å². The molecule has 0 unspecified atom stereocenters. The van der Waals surface area contributed by atoms with Crippen molar-refractivity contribution < 1.29 is 27.8 Å². The highest BCUT2D eigenvalue weighted by Gasteiger charge is 2.65. The van der Waals surface area contributed by atoms with Crippen LogP contribution in [0.15, 0.2) is 82.8 Å². The summed E-state index contributed by atoms with van der Waals surface area (Å²) in [4.78, 5) is 4.64. The van der Waals surface area contributed by atoms with E-state index < -0.39 is 30.2 Å². The van der Waals surface area contributed by atoms with Crippen LogP contribution in [0.25, 0.3) is 16.8 Å². The van der Waals surface area contributed by atoms with Gasteiger partial charge in [0.2, 0.25) is 0 Å². The molecule has 2 aromatic carbocycles. The Morgan fingerprint density at radius 3 is 2.02 bits per heavy atom. The lowest BCUT2D eigenvalue weighted by atomic mass is 9.95. The van der Waals surface area contributed by atoms with E-state index in [9.17, 15) is 27.8 Å². The van der Waals surface area contributed by atoms with Crippen molar-refractivity contribution in [1.29, 1.82) is 0 Å². The molecule has 1 aliphatic rings. The molecule has 6 nitrogen and oxygen atoms in total. The average molecular weight is 601 g/mol. The van der Waals surface area contributed by atoms with Crippen molar-refractivity contribution in [3.63, 3.8) is 0 Å². The van der Waals surface area contributed by atoms with Crippen molar-refractivity contribution in [2.45, 2.75) is 46.8 Å². The minimum absolute atomic E-state index is 0.176. The van der Waals surface area contributed by atoms with Crippen LogP contribution in [0.1, 0.15) is 25.7 Å². The van der Waals surface area contributed by atoms with Crippen molar-refractivity contribution in [2.75, 3.05) is 24.3 Å². The number of nitrogens with one attached hydrogen (secondary N) is 1. The maximum absolute atomic E-state index is 13.3. The van der Waals surface area contributed by atoms with Gasteiger partial charge in [-0.3, -0.25) is 4.40 Å². The first-order chi connectivity index (χ1) is 18.5. The number of benzene rings is 2. The first-order valence-corrected chi connectivity index (χ1v) is 16.1. The van der Waals surface area contributed by atoms with E-state index in [-0.39, 0.29) is 16.6 Å². The highest BCUT2D eigenvalue weighted by Crippen LogP contribution is 3.02. The first kappa shape index (κ1) is 28.2. The fourth-order valence-electron chi connectivity index (χ4n) is 5.06. The number of hydrogen-bond acceptors (Lipinski definition) is 5. The summed E-state index contributed by atoms with van der Waals surface area (Å²) in [5.74, 6) is 0.919. The normalized spacial score (nSPS) is 20.1. The molecule has 1 N–H and O–H groups in total. The van der Waals surface area contributed by atoms with E-state index in [0.29, 0.717) is 37.8 Å². The third kappa shape index (κ3) is 5.75. The van der Waals surface area contributed by atoms with Crippen molar-refractivity contribution in [2.24, 2.45) is 0 Å². The number of pyridine rings is 1. The molecule has 216 valence electrons. The van der Waals surface area contributed by atoms with Crippen LogP contribution in [-0.2, 0) is 9.84 Å². The third-order valence-electron chi connectivity index (χ3n) is 7.24. The summed E-state index contributed by atoms with van der Waals surface area (Å²) in [7, 11) is -9.45. The van der Waals surface area contributed by atoms with Crippen LogP contribution in [0, 0.1) is 0 Å². The van der Waals surface area contributed by atoms with Crippen molar-refractivity contribution in [3.8, 4) is 11.1 Å². The van der Waals surface area contributed by atoms with Gasteiger partial charge in [0, 0.05) is 32.0 Å². The van der Waals surface area contributed by atoms with Gasteiger partial charge in [0.05, 0.1) is 16.3 Å². The summed E-state index contributed by atoms with van der Waals surface area (Å²) in [6.45, 7) is 0. The zero-order valence-corrected chi connectivity index (χ0v) is 23.4. The molecule has 2 aromatic heterocycles. The monoisotopic (exact) mass is 600 g/mol. The Kier molecular flexibility index (Phi) is 6.42. The standard InChI is InChI=1S/C27H29F5N4O2S2/c1-35(2)27-17-33-26-16-5-20(18-36(26)27)19-3-10-23(11-4-19)39(37,38)24-12-6-21(7-13-24)34-22-8-14-25(15-9-22)40(28,29,30,31)32/h3-5,8-11,14-18,21,24,34H,6-7,12-13H2,1-2H3. The molecule has 1 fully saturated rings. The molecule has 0 saturated heterocycles. The number of fused-ring (bicyclic) bond motifs is 1. The lowest BCUT2D eigenvalue weighted by Gasteiger charge is -2.40. The number of rotatable bonds is 7. The topological polar surface area (TPSA) is 66.7 Å². The molecule has 1 aliphatic carbocycles. The van der Waals surface area contributed by atoms with Gasteiger partial charge in [-0.05, 0) is 85.3 Å². The minimum Gasteiger partial charge on any atom is -0.382 e. The Hall–Kier alpha value is -3.32. The zero-order valence-electron chi connectivity index (χ0n) is 21.8. The van der Waals surface area contributed by atoms with Crippen molar-refractivity contribution in [1.82, 2.24) is 9.38 Å². The lowest BCUT2D eigenvalue weighted by Crippen LogP contribution is -2.32. The fraction of sp³-hybridized carbons (Fsp3) is 0.296. The predicted octanol–water partition coefficient (Wildman–Crippen LogP) is 7.92. The van der Waals surface area contributed by atoms with Gasteiger partial charge >= 0.3 is 10.2 Å². The summed E-state index contributed by atoms with van der Waals surface area (Å²) in [5, 5.41) is 2.45. The van der Waals surface area contributed by atoms with E-state index in [2.05, 4.69) is 10.3 Å². The van der Waals surface area contributed by atoms with E-state index >= 15 is 0 Å². The SMILES string of the molecule is CN(C)c1cnc2ccc(-c3ccc(S(=O)(=O)C4CCC(Nc5ccc(S(F)(F)(F)(F)F)cc5)CC4)cc3)cn12. The van der Waals surface area contributed by atoms with E-state index in [1.807, 2.05) is 41.7 Å². The maximum Gasteiger partial charge on any atom is 0.310 e. The van der Waals surface area contributed by atoms with Crippen molar-refractivity contribution in [3.05, 3.63) is 73.1 Å². The van der Waals surface area contributed by atoms with Gasteiger partial charge in [-0.25, -0.2) is 13.4 Å². The highest BCUT2D eigenvalue weighted by molar-refractivity contribution is 8.45. The molecule has 13 heteroatoms. The second-order valence-corrected chi connectivity index (χ2v) is 15.0. The summed E-state index contributed by atoms with van der Waals surface area (Å²) >= 11 is 0. The number of imidazole rings is 1. The molecule has 1 saturated carbocycles. The number of hydrogen-bond donors (Lipinski definition) is 1. The van der Waals surface area contributed by atoms with E-state index in [0.717, 1.165) is 34.7 Å². The number of sulfone groups is 1. The van der Waals surface area contributed by atoms with Crippen LogP contribution in [-0.4, -0.2) is 43.2 Å². The van der Waals surface area contributed by atoms with E-state index in [4.69, 9.17) is 0 Å². The molecule has 40 heavy (non-hydrogen) atoms. The van der Waals surface area contributed by atoms with Gasteiger partial charge in [0.15, 0.2) is 9.84 Å². The molecule has 0 atom stereocenters. The maximum atomic E-state index is 13.3. The second-order valence-electron chi connectivity index (χ2n) is 10.3. The summed E-state index contributed by atoms with van der Waals surface area (Å²) < 4.78 is 93.4. The smallest absolute Gasteiger partial charge is 0.310 e. The average Bonchev–Trinajstić information content (AvgIpc) is 3.32. The van der Waals surface area contributed by atoms with Gasteiger partial charge < -0.3 is 10.2 Å². The van der Waals surface area contributed by atoms with Crippen LogP contribution in [0.2, 0.25) is 0 Å². The molecule has 5 rings (SSSR count). The van der Waals surface area contributed by atoms with Gasteiger partial charge in [-0.1, -0.05) is 31.6 Å². The Labute approximate surface area is 229 Å². The molecular weight excluding hydrogens is 571 g/mol. The van der Waals surface area contributed by atoms with Crippen LogP contribution in [0.3, 0.4) is 0 Å². The molecule has 0 spiro atoms. The number of nitrogens with zero attached hydrogens (tertiary/aromatic N) is 3. The number of anilines is 2. The Morgan fingerprint density at radius 2 is 1.45 bits per heavy atom. The van der Waals surface area contributed by atoms with E-state index in [1.54, 1.807) is 30.5 Å². The highest BCUT2D eigenvalue weighted by atomic mass is 32.5. The molecule has 0 bridgehead atoms. The molecule has 4 aromatic rings. The van der Waals surface area contributed by atoms with Gasteiger partial charge in [-0.15, -0.1) is 0 Å². The minimum atomic E-state index is -9.72. The Balaban J connectivity index is 1.24. The largest absolute Gasteiger partial charge is 0.382 e. The molecule has 0 amide bonds. The van der Waals surface area contributed by atoms with Gasteiger partial charge in [0.1, 0.15) is 16.4 Å².